The second kappa shape index (κ2) is 7.85. The average molecular weight is 414 g/mol. The zero-order valence-electron chi connectivity index (χ0n) is 16.3. The molecule has 3 aromatic rings. The molecule has 4 rings (SSSR count). The fourth-order valence-electron chi connectivity index (χ4n) is 3.71. The van der Waals surface area contributed by atoms with E-state index in [2.05, 4.69) is 10.4 Å². The highest BCUT2D eigenvalue weighted by atomic mass is 19.4. The third kappa shape index (κ3) is 4.03. The summed E-state index contributed by atoms with van der Waals surface area (Å²) in [5, 5.41) is 7.14. The second-order valence-corrected chi connectivity index (χ2v) is 7.41. The van der Waals surface area contributed by atoms with Crippen molar-refractivity contribution in [2.24, 2.45) is 0 Å². The zero-order valence-corrected chi connectivity index (χ0v) is 16.3. The van der Waals surface area contributed by atoms with Gasteiger partial charge in [0, 0.05) is 26.1 Å². The number of hydrogen-bond acceptors (Lipinski definition) is 3. The van der Waals surface area contributed by atoms with Crippen LogP contribution in [-0.2, 0) is 6.54 Å². The Bertz CT molecular complexity index is 1020. The van der Waals surface area contributed by atoms with E-state index in [0.717, 1.165) is 15.8 Å². The first-order valence-electron chi connectivity index (χ1n) is 9.60. The number of fused-ring (bicyclic) bond motifs is 1. The predicted molar refractivity (Wildman–Crippen MR) is 107 cm³/mol. The van der Waals surface area contributed by atoms with Crippen LogP contribution in [-0.4, -0.2) is 33.8 Å². The first kappa shape index (κ1) is 20.0. The standard InChI is InChI=1S/C22H21F3N4O/c1-28(14-15-8-4-2-5-9-15)21(30)18-13-20-26-17(16-10-6-3-7-11-16)12-19(22(23,24)25)29(20)27-18/h2-11,13,17,19,26H,12,14H2,1H3/t17-,19-/m0/s1. The fourth-order valence-corrected chi connectivity index (χ4v) is 3.71. The average Bonchev–Trinajstić information content (AvgIpc) is 3.17. The molecule has 156 valence electrons. The van der Waals surface area contributed by atoms with E-state index in [-0.39, 0.29) is 17.9 Å². The van der Waals surface area contributed by atoms with Crippen molar-refractivity contribution in [2.45, 2.75) is 31.2 Å². The van der Waals surface area contributed by atoms with Crippen molar-refractivity contribution in [3.63, 3.8) is 0 Å². The van der Waals surface area contributed by atoms with Crippen molar-refractivity contribution in [1.29, 1.82) is 0 Å². The number of carbonyl (C=O) groups is 1. The number of rotatable bonds is 4. The van der Waals surface area contributed by atoms with E-state index in [1.165, 1.54) is 11.0 Å². The predicted octanol–water partition coefficient (Wildman–Crippen LogP) is 4.82. The van der Waals surface area contributed by atoms with Crippen LogP contribution in [0.15, 0.2) is 66.7 Å². The number of nitrogens with zero attached hydrogens (tertiary/aromatic N) is 3. The molecule has 30 heavy (non-hydrogen) atoms. The summed E-state index contributed by atoms with van der Waals surface area (Å²) in [6.07, 6.45) is -4.68. The van der Waals surface area contributed by atoms with Crippen LogP contribution in [0.2, 0.25) is 0 Å². The molecule has 0 radical (unpaired) electrons. The molecular weight excluding hydrogens is 393 g/mol. The number of amides is 1. The number of hydrogen-bond donors (Lipinski definition) is 1. The van der Waals surface area contributed by atoms with E-state index < -0.39 is 24.2 Å². The maximum Gasteiger partial charge on any atom is 0.410 e. The Balaban J connectivity index is 1.61. The van der Waals surface area contributed by atoms with Crippen molar-refractivity contribution in [1.82, 2.24) is 14.7 Å². The molecule has 1 aliphatic heterocycles. The minimum Gasteiger partial charge on any atom is -0.363 e. The third-order valence-electron chi connectivity index (χ3n) is 5.22. The van der Waals surface area contributed by atoms with E-state index in [1.807, 2.05) is 36.4 Å². The van der Waals surface area contributed by atoms with E-state index in [4.69, 9.17) is 0 Å². The van der Waals surface area contributed by atoms with Gasteiger partial charge in [-0.15, -0.1) is 0 Å². The quantitative estimate of drug-likeness (QED) is 0.666. The summed E-state index contributed by atoms with van der Waals surface area (Å²) in [5.41, 5.74) is 1.67. The molecule has 2 aromatic carbocycles. The van der Waals surface area contributed by atoms with Gasteiger partial charge in [-0.25, -0.2) is 4.68 Å². The van der Waals surface area contributed by atoms with Crippen LogP contribution in [0.5, 0.6) is 0 Å². The minimum atomic E-state index is -4.48. The Hall–Kier alpha value is -3.29. The van der Waals surface area contributed by atoms with Crippen LogP contribution >= 0.6 is 0 Å². The minimum absolute atomic E-state index is 0.0149. The lowest BCUT2D eigenvalue weighted by Gasteiger charge is -2.33. The summed E-state index contributed by atoms with van der Waals surface area (Å²) < 4.78 is 42.2. The molecule has 2 heterocycles. The molecule has 0 spiro atoms. The van der Waals surface area contributed by atoms with E-state index in [1.54, 1.807) is 31.3 Å². The Labute approximate surface area is 172 Å². The molecule has 0 saturated heterocycles. The normalized spacial score (nSPS) is 18.4. The Morgan fingerprint density at radius 1 is 1.13 bits per heavy atom. The van der Waals surface area contributed by atoms with E-state index in [0.29, 0.717) is 6.54 Å². The maximum atomic E-state index is 13.8. The molecule has 1 amide bonds. The summed E-state index contributed by atoms with van der Waals surface area (Å²) in [4.78, 5) is 14.3. The van der Waals surface area contributed by atoms with Crippen molar-refractivity contribution in [2.75, 3.05) is 12.4 Å². The first-order valence-corrected chi connectivity index (χ1v) is 9.60. The Morgan fingerprint density at radius 3 is 2.40 bits per heavy atom. The summed E-state index contributed by atoms with van der Waals surface area (Å²) in [5.74, 6) is -0.242. The number of halogens is 3. The van der Waals surface area contributed by atoms with Gasteiger partial charge in [0.05, 0.1) is 6.04 Å². The molecule has 0 fully saturated rings. The summed E-state index contributed by atoms with van der Waals surface area (Å²) in [6, 6.07) is 17.4. The van der Waals surface area contributed by atoms with Gasteiger partial charge in [0.25, 0.3) is 5.91 Å². The van der Waals surface area contributed by atoms with Gasteiger partial charge >= 0.3 is 6.18 Å². The van der Waals surface area contributed by atoms with Gasteiger partial charge in [0.1, 0.15) is 5.82 Å². The molecule has 1 aromatic heterocycles. The van der Waals surface area contributed by atoms with Crippen molar-refractivity contribution in [3.05, 3.63) is 83.6 Å². The number of carbonyl (C=O) groups excluding carboxylic acids is 1. The molecule has 1 N–H and O–H groups in total. The largest absolute Gasteiger partial charge is 0.410 e. The van der Waals surface area contributed by atoms with Crippen molar-refractivity contribution >= 4 is 11.7 Å². The number of nitrogens with one attached hydrogen (secondary N) is 1. The van der Waals surface area contributed by atoms with Gasteiger partial charge in [-0.2, -0.15) is 18.3 Å². The van der Waals surface area contributed by atoms with Crippen LogP contribution in [0.25, 0.3) is 0 Å². The number of alkyl halides is 3. The highest BCUT2D eigenvalue weighted by molar-refractivity contribution is 5.93. The van der Waals surface area contributed by atoms with Crippen molar-refractivity contribution in [3.8, 4) is 0 Å². The fraction of sp³-hybridized carbons (Fsp3) is 0.273. The topological polar surface area (TPSA) is 50.2 Å². The van der Waals surface area contributed by atoms with Crippen LogP contribution in [0.4, 0.5) is 19.0 Å². The molecular formula is C22H21F3N4O. The maximum absolute atomic E-state index is 13.8. The lowest BCUT2D eigenvalue weighted by atomic mass is 9.97. The molecule has 0 bridgehead atoms. The summed E-state index contributed by atoms with van der Waals surface area (Å²) in [6.45, 7) is 0.338. The van der Waals surface area contributed by atoms with Crippen LogP contribution < -0.4 is 5.32 Å². The lowest BCUT2D eigenvalue weighted by molar-refractivity contribution is -0.173. The van der Waals surface area contributed by atoms with Gasteiger partial charge in [0.15, 0.2) is 11.7 Å². The molecule has 0 saturated carbocycles. The highest BCUT2D eigenvalue weighted by Crippen LogP contribution is 2.43. The second-order valence-electron chi connectivity index (χ2n) is 7.41. The van der Waals surface area contributed by atoms with E-state index in [9.17, 15) is 18.0 Å². The molecule has 1 aliphatic rings. The summed E-state index contributed by atoms with van der Waals surface area (Å²) in [7, 11) is 1.61. The van der Waals surface area contributed by atoms with Crippen LogP contribution in [0.1, 0.15) is 40.1 Å². The smallest absolute Gasteiger partial charge is 0.363 e. The van der Waals surface area contributed by atoms with Crippen LogP contribution in [0.3, 0.4) is 0 Å². The number of benzene rings is 2. The Kier molecular flexibility index (Phi) is 5.24. The lowest BCUT2D eigenvalue weighted by Crippen LogP contribution is -2.35. The Morgan fingerprint density at radius 2 is 1.77 bits per heavy atom. The molecule has 8 heteroatoms. The molecule has 2 atom stereocenters. The van der Waals surface area contributed by atoms with Crippen LogP contribution in [0, 0.1) is 0 Å². The van der Waals surface area contributed by atoms with Crippen molar-refractivity contribution < 1.29 is 18.0 Å². The van der Waals surface area contributed by atoms with Gasteiger partial charge in [0.2, 0.25) is 0 Å². The summed E-state index contributed by atoms with van der Waals surface area (Å²) >= 11 is 0. The van der Waals surface area contributed by atoms with Gasteiger partial charge in [-0.1, -0.05) is 60.7 Å². The van der Waals surface area contributed by atoms with Gasteiger partial charge < -0.3 is 10.2 Å². The molecule has 0 aliphatic carbocycles. The zero-order chi connectivity index (χ0) is 21.3. The monoisotopic (exact) mass is 414 g/mol. The highest BCUT2D eigenvalue weighted by Gasteiger charge is 2.46. The number of aromatic nitrogens is 2. The first-order chi connectivity index (χ1) is 14.3. The molecule has 5 nitrogen and oxygen atoms in total. The van der Waals surface area contributed by atoms with Gasteiger partial charge in [-0.3, -0.25) is 4.79 Å². The number of anilines is 1. The van der Waals surface area contributed by atoms with E-state index >= 15 is 0 Å². The molecule has 0 unspecified atom stereocenters. The SMILES string of the molecule is CN(Cc1ccccc1)C(=O)c1cc2n(n1)[C@H](C(F)(F)F)C[C@@H](c1ccccc1)N2. The van der Waals surface area contributed by atoms with Gasteiger partial charge in [-0.05, 0) is 11.1 Å². The third-order valence-corrected chi connectivity index (χ3v) is 5.22.